The maximum atomic E-state index is 13.4. The fourth-order valence-electron chi connectivity index (χ4n) is 1.86. The Bertz CT molecular complexity index is 756. The molecule has 0 fully saturated rings. The van der Waals surface area contributed by atoms with Crippen molar-refractivity contribution in [3.05, 3.63) is 59.2 Å². The summed E-state index contributed by atoms with van der Waals surface area (Å²) in [4.78, 5) is -0.0214. The Labute approximate surface area is 121 Å². The molecule has 0 unspecified atom stereocenters. The van der Waals surface area contributed by atoms with Crippen LogP contribution >= 0.6 is 0 Å². The predicted molar refractivity (Wildman–Crippen MR) is 73.2 cm³/mol. The molecule has 0 bridgehead atoms. The van der Waals surface area contributed by atoms with Crippen molar-refractivity contribution >= 4 is 10.0 Å². The molecule has 0 radical (unpaired) electrons. The first-order chi connectivity index (χ1) is 9.79. The van der Waals surface area contributed by atoms with Crippen molar-refractivity contribution in [1.29, 1.82) is 0 Å². The number of primary sulfonamides is 1. The molecule has 0 heterocycles. The highest BCUT2D eigenvalue weighted by atomic mass is 32.2. The molecule has 0 amide bonds. The first-order valence-corrected chi connectivity index (χ1v) is 7.53. The molecular weight excluding hydrogens is 300 g/mol. The lowest BCUT2D eigenvalue weighted by atomic mass is 10.2. The monoisotopic (exact) mass is 313 g/mol. The van der Waals surface area contributed by atoms with Crippen LogP contribution in [0.4, 0.5) is 8.78 Å². The fourth-order valence-corrected chi connectivity index (χ4v) is 2.62. The van der Waals surface area contributed by atoms with E-state index < -0.39 is 21.7 Å². The summed E-state index contributed by atoms with van der Waals surface area (Å²) in [5.74, 6) is -1.11. The molecule has 2 rings (SSSR count). The second-order valence-electron chi connectivity index (χ2n) is 4.46. The molecule has 0 aromatic heterocycles. The number of hydrogen-bond donors (Lipinski definition) is 1. The zero-order chi connectivity index (χ0) is 15.6. The summed E-state index contributed by atoms with van der Waals surface area (Å²) >= 11 is 0. The number of ether oxygens (including phenoxy) is 1. The van der Waals surface area contributed by atoms with Gasteiger partial charge in [-0.3, -0.25) is 0 Å². The van der Waals surface area contributed by atoms with Crippen LogP contribution in [0.3, 0.4) is 0 Å². The van der Waals surface area contributed by atoms with E-state index in [9.17, 15) is 17.2 Å². The highest BCUT2D eigenvalue weighted by Crippen LogP contribution is 2.22. The predicted octanol–water partition coefficient (Wildman–Crippen LogP) is 2.50. The molecule has 0 spiro atoms. The maximum absolute atomic E-state index is 13.4. The number of hydrogen-bond acceptors (Lipinski definition) is 3. The van der Waals surface area contributed by atoms with Crippen LogP contribution in [0, 0.1) is 18.6 Å². The lowest BCUT2D eigenvalue weighted by molar-refractivity contribution is 0.292. The van der Waals surface area contributed by atoms with Gasteiger partial charge in [0.15, 0.2) is 0 Å². The minimum absolute atomic E-state index is 0.0214. The van der Waals surface area contributed by atoms with Crippen molar-refractivity contribution in [3.8, 4) is 5.75 Å². The maximum Gasteiger partial charge on any atom is 0.238 e. The van der Waals surface area contributed by atoms with E-state index in [-0.39, 0.29) is 17.1 Å². The summed E-state index contributed by atoms with van der Waals surface area (Å²) in [6.07, 6.45) is 0. The van der Waals surface area contributed by atoms with Gasteiger partial charge < -0.3 is 4.74 Å². The van der Waals surface area contributed by atoms with Crippen molar-refractivity contribution < 1.29 is 21.9 Å². The normalized spacial score (nSPS) is 11.4. The van der Waals surface area contributed by atoms with Crippen molar-refractivity contribution in [3.63, 3.8) is 0 Å². The highest BCUT2D eigenvalue weighted by Gasteiger charge is 2.13. The van der Waals surface area contributed by atoms with Crippen LogP contribution in [0.5, 0.6) is 5.75 Å². The molecular formula is C14H13F2NO3S. The second kappa shape index (κ2) is 5.79. The van der Waals surface area contributed by atoms with Crippen LogP contribution < -0.4 is 9.88 Å². The van der Waals surface area contributed by atoms with Gasteiger partial charge in [-0.1, -0.05) is 6.07 Å². The first kappa shape index (κ1) is 15.4. The number of benzene rings is 2. The van der Waals surface area contributed by atoms with Crippen molar-refractivity contribution in [2.75, 3.05) is 0 Å². The van der Waals surface area contributed by atoms with Crippen molar-refractivity contribution in [2.24, 2.45) is 5.14 Å². The standard InChI is InChI=1S/C14H13F2NO3S/c1-9-7-10(5-6-14(9)21(17,18)19)20-8-11-12(15)3-2-4-13(11)16/h2-7H,8H2,1H3,(H2,17,18,19). The SMILES string of the molecule is Cc1cc(OCc2c(F)cccc2F)ccc1S(N)(=O)=O. The second-order valence-corrected chi connectivity index (χ2v) is 5.99. The third kappa shape index (κ3) is 3.56. The number of sulfonamides is 1. The molecule has 0 atom stereocenters. The van der Waals surface area contributed by atoms with E-state index in [2.05, 4.69) is 0 Å². The first-order valence-electron chi connectivity index (χ1n) is 5.98. The third-order valence-electron chi connectivity index (χ3n) is 2.90. The van der Waals surface area contributed by atoms with Gasteiger partial charge in [0.1, 0.15) is 24.0 Å². The molecule has 2 aromatic carbocycles. The number of aryl methyl sites for hydroxylation is 1. The van der Waals surface area contributed by atoms with Crippen LogP contribution in [0.25, 0.3) is 0 Å². The van der Waals surface area contributed by atoms with Crippen LogP contribution in [0.1, 0.15) is 11.1 Å². The van der Waals surface area contributed by atoms with Gasteiger partial charge >= 0.3 is 0 Å². The molecule has 0 saturated heterocycles. The summed E-state index contributed by atoms with van der Waals surface area (Å²) < 4.78 is 54.7. The van der Waals surface area contributed by atoms with E-state index >= 15 is 0 Å². The smallest absolute Gasteiger partial charge is 0.238 e. The van der Waals surface area contributed by atoms with E-state index in [1.54, 1.807) is 6.92 Å². The lowest BCUT2D eigenvalue weighted by Crippen LogP contribution is -2.13. The fraction of sp³-hybridized carbons (Fsp3) is 0.143. The molecule has 4 nitrogen and oxygen atoms in total. The van der Waals surface area contributed by atoms with E-state index in [0.29, 0.717) is 11.3 Å². The zero-order valence-electron chi connectivity index (χ0n) is 11.1. The minimum atomic E-state index is -3.81. The molecule has 7 heteroatoms. The van der Waals surface area contributed by atoms with E-state index in [1.807, 2.05) is 0 Å². The topological polar surface area (TPSA) is 69.4 Å². The van der Waals surface area contributed by atoms with Gasteiger partial charge in [0, 0.05) is 0 Å². The lowest BCUT2D eigenvalue weighted by Gasteiger charge is -2.10. The average molecular weight is 313 g/mol. The van der Waals surface area contributed by atoms with Gasteiger partial charge in [0.2, 0.25) is 10.0 Å². The molecule has 112 valence electrons. The molecule has 2 N–H and O–H groups in total. The summed E-state index contributed by atoms with van der Waals surface area (Å²) in [7, 11) is -3.81. The quantitative estimate of drug-likeness (QED) is 0.943. The Hall–Kier alpha value is -1.99. The van der Waals surface area contributed by atoms with E-state index in [4.69, 9.17) is 9.88 Å². The molecule has 0 aliphatic heterocycles. The van der Waals surface area contributed by atoms with Crippen molar-refractivity contribution in [1.82, 2.24) is 0 Å². The van der Waals surface area contributed by atoms with Gasteiger partial charge in [-0.25, -0.2) is 22.3 Å². The highest BCUT2D eigenvalue weighted by molar-refractivity contribution is 7.89. The van der Waals surface area contributed by atoms with E-state index in [0.717, 1.165) is 12.1 Å². The summed E-state index contributed by atoms with van der Waals surface area (Å²) in [6, 6.07) is 7.65. The molecule has 2 aromatic rings. The van der Waals surface area contributed by atoms with Crippen LogP contribution in [0.15, 0.2) is 41.3 Å². The van der Waals surface area contributed by atoms with Crippen LogP contribution in [-0.2, 0) is 16.6 Å². The zero-order valence-corrected chi connectivity index (χ0v) is 12.0. The number of rotatable bonds is 4. The molecule has 0 saturated carbocycles. The average Bonchev–Trinajstić information content (AvgIpc) is 2.36. The van der Waals surface area contributed by atoms with Crippen molar-refractivity contribution in [2.45, 2.75) is 18.4 Å². The minimum Gasteiger partial charge on any atom is -0.489 e. The van der Waals surface area contributed by atoms with Crippen LogP contribution in [0.2, 0.25) is 0 Å². The molecule has 0 aliphatic carbocycles. The Morgan fingerprint density at radius 3 is 2.29 bits per heavy atom. The number of nitrogens with two attached hydrogens (primary N) is 1. The molecule has 0 aliphatic rings. The number of halogens is 2. The molecule has 21 heavy (non-hydrogen) atoms. The Morgan fingerprint density at radius 1 is 1.14 bits per heavy atom. The van der Waals surface area contributed by atoms with E-state index in [1.165, 1.54) is 24.3 Å². The summed E-state index contributed by atoms with van der Waals surface area (Å²) in [5, 5.41) is 5.04. The largest absolute Gasteiger partial charge is 0.489 e. The summed E-state index contributed by atoms with van der Waals surface area (Å²) in [6.45, 7) is 1.25. The Kier molecular flexibility index (Phi) is 4.24. The van der Waals surface area contributed by atoms with Gasteiger partial charge in [0.05, 0.1) is 10.5 Å². The van der Waals surface area contributed by atoms with Gasteiger partial charge in [0.25, 0.3) is 0 Å². The Morgan fingerprint density at radius 2 is 1.76 bits per heavy atom. The van der Waals surface area contributed by atoms with Crippen LogP contribution in [-0.4, -0.2) is 8.42 Å². The summed E-state index contributed by atoms with van der Waals surface area (Å²) in [5.41, 5.74) is 0.203. The van der Waals surface area contributed by atoms with Gasteiger partial charge in [-0.2, -0.15) is 0 Å². The van der Waals surface area contributed by atoms with Gasteiger partial charge in [-0.15, -0.1) is 0 Å². The third-order valence-corrected chi connectivity index (χ3v) is 3.97. The Balaban J connectivity index is 2.20. The van der Waals surface area contributed by atoms with Gasteiger partial charge in [-0.05, 0) is 42.8 Å².